The Bertz CT molecular complexity index is 1620. The number of ether oxygens (including phenoxy) is 1. The molecule has 262 valence electrons. The van der Waals surface area contributed by atoms with Crippen molar-refractivity contribution in [1.29, 1.82) is 0 Å². The summed E-state index contributed by atoms with van der Waals surface area (Å²) < 4.78 is 40.8. The molecule has 3 heterocycles. The number of rotatable bonds is 16. The van der Waals surface area contributed by atoms with Crippen LogP contribution in [0.5, 0.6) is 0 Å². The first-order chi connectivity index (χ1) is 23.8. The highest BCUT2D eigenvalue weighted by molar-refractivity contribution is 9.09. The Morgan fingerprint density at radius 2 is 1.24 bits per heavy atom. The molecule has 11 nitrogen and oxygen atoms in total. The smallest absolute Gasteiger partial charge is 0.311 e. The maximum Gasteiger partial charge on any atom is 0.311 e. The van der Waals surface area contributed by atoms with E-state index in [1.807, 2.05) is 0 Å². The van der Waals surface area contributed by atoms with Crippen molar-refractivity contribution in [2.75, 3.05) is 45.2 Å². The summed E-state index contributed by atoms with van der Waals surface area (Å²) >= 11 is 3.36. The molecule has 2 N–H and O–H groups in total. The number of methoxy groups -OCH3 is 1. The van der Waals surface area contributed by atoms with Crippen LogP contribution in [0.2, 0.25) is 0 Å². The number of carbonyl (C=O) groups is 3. The number of halogens is 3. The minimum Gasteiger partial charge on any atom is -0.469 e. The Balaban J connectivity index is 0.000000230. The van der Waals surface area contributed by atoms with Crippen LogP contribution in [-0.4, -0.2) is 78.2 Å². The van der Waals surface area contributed by atoms with Crippen molar-refractivity contribution in [2.45, 2.75) is 38.5 Å². The summed E-state index contributed by atoms with van der Waals surface area (Å²) in [5, 5.41) is 14.1. The highest BCUT2D eigenvalue weighted by atomic mass is 79.9. The average molecular weight is 745 g/mol. The zero-order valence-electron chi connectivity index (χ0n) is 27.3. The van der Waals surface area contributed by atoms with Gasteiger partial charge < -0.3 is 29.3 Å². The zero-order chi connectivity index (χ0) is 35.0. The van der Waals surface area contributed by atoms with Gasteiger partial charge in [0.15, 0.2) is 22.9 Å². The van der Waals surface area contributed by atoms with Crippen LogP contribution in [-0.2, 0) is 9.53 Å². The molecule has 0 atom stereocenters. The molecule has 0 aliphatic carbocycles. The van der Waals surface area contributed by atoms with Crippen LogP contribution in [0, 0.1) is 17.6 Å². The van der Waals surface area contributed by atoms with Crippen molar-refractivity contribution in [3.05, 3.63) is 83.7 Å². The molecule has 0 spiro atoms. The van der Waals surface area contributed by atoms with E-state index in [4.69, 9.17) is 13.8 Å². The van der Waals surface area contributed by atoms with E-state index in [9.17, 15) is 23.2 Å². The second kappa shape index (κ2) is 19.5. The lowest BCUT2D eigenvalue weighted by Gasteiger charge is -2.37. The number of esters is 1. The van der Waals surface area contributed by atoms with Crippen molar-refractivity contribution < 1.29 is 36.9 Å². The van der Waals surface area contributed by atoms with Crippen LogP contribution >= 0.6 is 15.9 Å². The minimum atomic E-state index is -0.335. The molecule has 1 aliphatic heterocycles. The molecule has 49 heavy (non-hydrogen) atoms. The first-order valence-corrected chi connectivity index (χ1v) is 17.3. The minimum absolute atomic E-state index is 0.0200. The van der Waals surface area contributed by atoms with Crippen molar-refractivity contribution in [3.63, 3.8) is 0 Å². The highest BCUT2D eigenvalue weighted by Crippen LogP contribution is 2.22. The fourth-order valence-corrected chi connectivity index (χ4v) is 5.35. The van der Waals surface area contributed by atoms with Crippen molar-refractivity contribution in [2.24, 2.45) is 5.92 Å². The van der Waals surface area contributed by atoms with E-state index in [1.54, 1.807) is 36.4 Å². The third-order valence-corrected chi connectivity index (χ3v) is 8.33. The largest absolute Gasteiger partial charge is 0.469 e. The van der Waals surface area contributed by atoms with Crippen LogP contribution in [0.3, 0.4) is 0 Å². The summed E-state index contributed by atoms with van der Waals surface area (Å²) in [5.41, 5.74) is 1.78. The third kappa shape index (κ3) is 11.9. The Labute approximate surface area is 291 Å². The predicted octanol–water partition coefficient (Wildman–Crippen LogP) is 6.26. The molecule has 5 rings (SSSR count). The van der Waals surface area contributed by atoms with Crippen LogP contribution in [0.25, 0.3) is 22.6 Å². The summed E-state index contributed by atoms with van der Waals surface area (Å²) in [7, 11) is 1.42. The molecule has 4 aromatic rings. The summed E-state index contributed by atoms with van der Waals surface area (Å²) in [6.45, 7) is 3.66. The van der Waals surface area contributed by atoms with Crippen LogP contribution in [0.4, 0.5) is 8.78 Å². The van der Waals surface area contributed by atoms with Crippen molar-refractivity contribution in [3.8, 4) is 22.6 Å². The van der Waals surface area contributed by atoms with Gasteiger partial charge in [0.1, 0.15) is 11.6 Å². The average Bonchev–Trinajstić information content (AvgIpc) is 3.79. The van der Waals surface area contributed by atoms with E-state index in [0.717, 1.165) is 63.5 Å². The number of benzene rings is 2. The molecule has 2 amide bonds. The number of nitrogens with zero attached hydrogens (tertiary/aromatic N) is 3. The van der Waals surface area contributed by atoms with E-state index in [-0.39, 0.29) is 46.7 Å². The Morgan fingerprint density at radius 3 is 1.69 bits per heavy atom. The van der Waals surface area contributed by atoms with Gasteiger partial charge in [-0.1, -0.05) is 39.1 Å². The molecule has 1 aliphatic rings. The van der Waals surface area contributed by atoms with Gasteiger partial charge in [-0.25, -0.2) is 8.78 Å². The molecule has 0 unspecified atom stereocenters. The van der Waals surface area contributed by atoms with Crippen molar-refractivity contribution >= 4 is 33.7 Å². The topological polar surface area (TPSA) is 140 Å². The predicted molar refractivity (Wildman–Crippen MR) is 182 cm³/mol. The SMILES string of the molecule is COC(=O)C1CN(CCCCCNC(=O)c2cc(-c3ccc(F)cc3)on2)C1.O=C(NCCCCCBr)c1cc(-c2ccc(F)cc2)on1. The van der Waals surface area contributed by atoms with E-state index in [0.29, 0.717) is 35.7 Å². The lowest BCUT2D eigenvalue weighted by molar-refractivity contribution is -0.151. The Morgan fingerprint density at radius 1 is 0.776 bits per heavy atom. The van der Waals surface area contributed by atoms with Crippen LogP contribution < -0.4 is 10.6 Å². The van der Waals surface area contributed by atoms with E-state index < -0.39 is 0 Å². The molecule has 2 aromatic carbocycles. The fraction of sp³-hybridized carbons (Fsp3) is 0.400. The number of alkyl halides is 1. The first kappa shape index (κ1) is 37.4. The molecule has 14 heteroatoms. The maximum atomic E-state index is 13.0. The fourth-order valence-electron chi connectivity index (χ4n) is 4.95. The normalized spacial score (nSPS) is 12.8. The Kier molecular flexibility index (Phi) is 14.9. The van der Waals surface area contributed by atoms with Crippen LogP contribution in [0.1, 0.15) is 59.5 Å². The number of hydrogen-bond donors (Lipinski definition) is 2. The van der Waals surface area contributed by atoms with Gasteiger partial charge in [0.05, 0.1) is 13.0 Å². The number of nitrogens with one attached hydrogen (secondary N) is 2. The second-order valence-electron chi connectivity index (χ2n) is 11.5. The molecular formula is C35H40BrF2N5O6. The third-order valence-electron chi connectivity index (χ3n) is 7.77. The molecule has 0 bridgehead atoms. The number of aromatic nitrogens is 2. The van der Waals surface area contributed by atoms with Crippen molar-refractivity contribution in [1.82, 2.24) is 25.8 Å². The summed E-state index contributed by atoms with van der Waals surface area (Å²) in [6, 6.07) is 14.7. The second-order valence-corrected chi connectivity index (χ2v) is 12.3. The maximum absolute atomic E-state index is 13.0. The van der Waals surface area contributed by atoms with Gasteiger partial charge in [0.25, 0.3) is 11.8 Å². The lowest BCUT2D eigenvalue weighted by atomic mass is 10.00. The molecule has 1 fully saturated rings. The van der Waals surface area contributed by atoms with E-state index >= 15 is 0 Å². The van der Waals surface area contributed by atoms with Gasteiger partial charge in [0.2, 0.25) is 0 Å². The molecule has 2 aromatic heterocycles. The standard InChI is InChI=1S/C20H24FN3O4.C15H16BrFN2O2/c1-27-20(26)15-12-24(13-15)10-4-2-3-9-22-19(25)17-11-18(28-23-17)14-5-7-16(21)8-6-14;16-8-2-1-3-9-18-15(20)13-10-14(21-19-13)11-4-6-12(17)7-5-11/h5-8,11,15H,2-4,9-10,12-13H2,1H3,(H,22,25);4-7,10H,1-3,8-9H2,(H,18,20). The van der Waals surface area contributed by atoms with Gasteiger partial charge >= 0.3 is 5.97 Å². The number of hydrogen-bond acceptors (Lipinski definition) is 9. The molecule has 0 saturated carbocycles. The van der Waals surface area contributed by atoms with E-state index in [1.165, 1.54) is 31.4 Å². The number of carbonyl (C=O) groups excluding carboxylic acids is 3. The van der Waals surface area contributed by atoms with Gasteiger partial charge in [-0.05, 0) is 80.8 Å². The van der Waals surface area contributed by atoms with Crippen LogP contribution in [0.15, 0.2) is 69.7 Å². The number of likely N-dealkylation sites (tertiary alicyclic amines) is 1. The highest BCUT2D eigenvalue weighted by Gasteiger charge is 2.32. The summed E-state index contributed by atoms with van der Waals surface area (Å²) in [4.78, 5) is 37.5. The summed E-state index contributed by atoms with van der Waals surface area (Å²) in [6.07, 6.45) is 5.95. The first-order valence-electron chi connectivity index (χ1n) is 16.1. The number of unbranched alkanes of at least 4 members (excludes halogenated alkanes) is 4. The van der Waals surface area contributed by atoms with E-state index in [2.05, 4.69) is 41.8 Å². The molecule has 1 saturated heterocycles. The molecular weight excluding hydrogens is 704 g/mol. The summed E-state index contributed by atoms with van der Waals surface area (Å²) in [5.74, 6) is -0.449. The number of amides is 2. The van der Waals surface area contributed by atoms with Gasteiger partial charge in [0, 0.05) is 54.8 Å². The van der Waals surface area contributed by atoms with Gasteiger partial charge in [-0.3, -0.25) is 14.4 Å². The Hall–Kier alpha value is -4.43. The zero-order valence-corrected chi connectivity index (χ0v) is 28.8. The van der Waals surface area contributed by atoms with Gasteiger partial charge in [-0.2, -0.15) is 0 Å². The van der Waals surface area contributed by atoms with Gasteiger partial charge in [-0.15, -0.1) is 0 Å². The lowest BCUT2D eigenvalue weighted by Crippen LogP contribution is -2.50. The quantitative estimate of drug-likeness (QED) is 0.0773. The monoisotopic (exact) mass is 743 g/mol. The molecule has 0 radical (unpaired) electrons.